The number of rotatable bonds is 4. The molecule has 0 bridgehead atoms. The van der Waals surface area contributed by atoms with Gasteiger partial charge in [-0.15, -0.1) is 0 Å². The third-order valence-electron chi connectivity index (χ3n) is 3.24. The van der Waals surface area contributed by atoms with Crippen LogP contribution in [-0.4, -0.2) is 29.2 Å². The highest BCUT2D eigenvalue weighted by molar-refractivity contribution is 5.68. The van der Waals surface area contributed by atoms with Crippen molar-refractivity contribution in [1.82, 2.24) is 15.3 Å². The summed E-state index contributed by atoms with van der Waals surface area (Å²) in [7, 11) is 0. The van der Waals surface area contributed by atoms with Crippen molar-refractivity contribution in [3.05, 3.63) is 54.0 Å². The zero-order valence-corrected chi connectivity index (χ0v) is 11.2. The van der Waals surface area contributed by atoms with Crippen LogP contribution >= 0.6 is 0 Å². The van der Waals surface area contributed by atoms with Crippen LogP contribution < -0.4 is 10.1 Å². The van der Waals surface area contributed by atoms with E-state index in [0.29, 0.717) is 5.88 Å². The van der Waals surface area contributed by atoms with E-state index in [1.54, 1.807) is 12.4 Å². The highest BCUT2D eigenvalue weighted by Gasteiger charge is 2.15. The fourth-order valence-corrected chi connectivity index (χ4v) is 2.13. The highest BCUT2D eigenvalue weighted by Crippen LogP contribution is 2.14. The first-order valence-corrected chi connectivity index (χ1v) is 6.82. The van der Waals surface area contributed by atoms with Gasteiger partial charge in [0.2, 0.25) is 5.88 Å². The van der Waals surface area contributed by atoms with Crippen LogP contribution in [-0.2, 0) is 0 Å². The quantitative estimate of drug-likeness (QED) is 0.924. The minimum absolute atomic E-state index is 0.251. The maximum atomic E-state index is 5.79. The van der Waals surface area contributed by atoms with Crippen molar-refractivity contribution >= 4 is 12.2 Å². The second kappa shape index (κ2) is 6.30. The molecule has 4 heteroatoms. The van der Waals surface area contributed by atoms with Gasteiger partial charge in [-0.1, -0.05) is 12.2 Å². The average molecular weight is 267 g/mol. The molecule has 3 rings (SSSR count). The van der Waals surface area contributed by atoms with Gasteiger partial charge in [0.25, 0.3) is 0 Å². The summed E-state index contributed by atoms with van der Waals surface area (Å²) in [5.41, 5.74) is 2.18. The van der Waals surface area contributed by atoms with E-state index in [-0.39, 0.29) is 6.10 Å². The molecule has 1 saturated heterocycles. The van der Waals surface area contributed by atoms with E-state index in [4.69, 9.17) is 4.74 Å². The van der Waals surface area contributed by atoms with Crippen LogP contribution in [0.15, 0.2) is 42.9 Å². The number of ether oxygens (including phenoxy) is 1. The summed E-state index contributed by atoms with van der Waals surface area (Å²) in [6.45, 7) is 1.93. The third-order valence-corrected chi connectivity index (χ3v) is 3.24. The SMILES string of the molecule is C(=Cc1ccc(O[C@@H]2CCNC2)nc1)c1ccncc1. The second-order valence-corrected chi connectivity index (χ2v) is 4.78. The number of hydrogen-bond acceptors (Lipinski definition) is 4. The van der Waals surface area contributed by atoms with Crippen molar-refractivity contribution in [2.45, 2.75) is 12.5 Å². The first-order chi connectivity index (χ1) is 9.90. The first-order valence-electron chi connectivity index (χ1n) is 6.82. The van der Waals surface area contributed by atoms with Gasteiger partial charge >= 0.3 is 0 Å². The summed E-state index contributed by atoms with van der Waals surface area (Å²) < 4.78 is 5.79. The summed E-state index contributed by atoms with van der Waals surface area (Å²) in [6, 6.07) is 7.87. The first kappa shape index (κ1) is 12.8. The molecule has 3 heterocycles. The number of nitrogens with one attached hydrogen (secondary N) is 1. The summed E-state index contributed by atoms with van der Waals surface area (Å²) >= 11 is 0. The molecule has 0 amide bonds. The molecule has 1 aliphatic rings. The van der Waals surface area contributed by atoms with Crippen molar-refractivity contribution in [2.75, 3.05) is 13.1 Å². The fraction of sp³-hybridized carbons (Fsp3) is 0.250. The number of pyridine rings is 2. The minimum atomic E-state index is 0.251. The van der Waals surface area contributed by atoms with E-state index in [1.165, 1.54) is 0 Å². The van der Waals surface area contributed by atoms with Gasteiger partial charge in [0, 0.05) is 31.2 Å². The molecule has 0 aliphatic carbocycles. The molecule has 0 unspecified atom stereocenters. The van der Waals surface area contributed by atoms with Crippen LogP contribution in [0.3, 0.4) is 0 Å². The van der Waals surface area contributed by atoms with E-state index in [1.807, 2.05) is 42.6 Å². The lowest BCUT2D eigenvalue weighted by atomic mass is 10.2. The molecule has 102 valence electrons. The van der Waals surface area contributed by atoms with Crippen LogP contribution in [0.1, 0.15) is 17.5 Å². The van der Waals surface area contributed by atoms with Gasteiger partial charge in [0.1, 0.15) is 6.10 Å². The molecule has 1 fully saturated rings. The molecule has 1 atom stereocenters. The maximum absolute atomic E-state index is 5.79. The van der Waals surface area contributed by atoms with Crippen molar-refractivity contribution in [2.24, 2.45) is 0 Å². The minimum Gasteiger partial charge on any atom is -0.473 e. The third kappa shape index (κ3) is 3.42. The Hall–Kier alpha value is -2.20. The summed E-state index contributed by atoms with van der Waals surface area (Å²) in [5.74, 6) is 0.694. The molecule has 0 aromatic carbocycles. The van der Waals surface area contributed by atoms with Gasteiger partial charge in [-0.25, -0.2) is 4.98 Å². The average Bonchev–Trinajstić information content (AvgIpc) is 3.01. The zero-order chi connectivity index (χ0) is 13.6. The highest BCUT2D eigenvalue weighted by atomic mass is 16.5. The lowest BCUT2D eigenvalue weighted by Gasteiger charge is -2.10. The molecule has 20 heavy (non-hydrogen) atoms. The van der Waals surface area contributed by atoms with Gasteiger partial charge < -0.3 is 10.1 Å². The van der Waals surface area contributed by atoms with Gasteiger partial charge in [-0.3, -0.25) is 4.98 Å². The largest absolute Gasteiger partial charge is 0.473 e. The maximum Gasteiger partial charge on any atom is 0.213 e. The Bertz CT molecular complexity index is 560. The smallest absolute Gasteiger partial charge is 0.213 e. The molecule has 0 spiro atoms. The van der Waals surface area contributed by atoms with Gasteiger partial charge in [-0.2, -0.15) is 0 Å². The standard InChI is InChI=1S/C16H17N3O/c1(13-5-8-17-9-6-13)2-14-3-4-16(19-11-14)20-15-7-10-18-12-15/h1-6,8-9,11,15,18H,7,10,12H2/t15-/m1/s1. The summed E-state index contributed by atoms with van der Waals surface area (Å²) in [6.07, 6.45) is 10.8. The molecule has 0 saturated carbocycles. The molecule has 2 aromatic rings. The molecular formula is C16H17N3O. The topological polar surface area (TPSA) is 47.0 Å². The molecular weight excluding hydrogens is 250 g/mol. The Labute approximate surface area is 118 Å². The fourth-order valence-electron chi connectivity index (χ4n) is 2.13. The molecule has 1 N–H and O–H groups in total. The number of aromatic nitrogens is 2. The second-order valence-electron chi connectivity index (χ2n) is 4.78. The lowest BCUT2D eigenvalue weighted by Crippen LogP contribution is -2.19. The lowest BCUT2D eigenvalue weighted by molar-refractivity contribution is 0.214. The van der Waals surface area contributed by atoms with Crippen LogP contribution in [0.2, 0.25) is 0 Å². The van der Waals surface area contributed by atoms with E-state index in [2.05, 4.69) is 15.3 Å². The molecule has 0 radical (unpaired) electrons. The number of nitrogens with zero attached hydrogens (tertiary/aromatic N) is 2. The predicted octanol–water partition coefficient (Wildman–Crippen LogP) is 2.39. The van der Waals surface area contributed by atoms with Gasteiger partial charge in [-0.05, 0) is 42.3 Å². The van der Waals surface area contributed by atoms with Crippen LogP contribution in [0.4, 0.5) is 0 Å². The van der Waals surface area contributed by atoms with Crippen LogP contribution in [0.5, 0.6) is 5.88 Å². The Morgan fingerprint density at radius 1 is 1.10 bits per heavy atom. The van der Waals surface area contributed by atoms with Crippen LogP contribution in [0.25, 0.3) is 12.2 Å². The Kier molecular flexibility index (Phi) is 4.04. The van der Waals surface area contributed by atoms with Crippen molar-refractivity contribution < 1.29 is 4.74 Å². The van der Waals surface area contributed by atoms with E-state index >= 15 is 0 Å². The Morgan fingerprint density at radius 2 is 1.95 bits per heavy atom. The van der Waals surface area contributed by atoms with E-state index in [9.17, 15) is 0 Å². The van der Waals surface area contributed by atoms with Gasteiger partial charge in [0.05, 0.1) is 0 Å². The molecule has 4 nitrogen and oxygen atoms in total. The normalized spacial score (nSPS) is 18.5. The summed E-state index contributed by atoms with van der Waals surface area (Å²) in [5, 5.41) is 3.27. The van der Waals surface area contributed by atoms with Crippen LogP contribution in [0, 0.1) is 0 Å². The summed E-state index contributed by atoms with van der Waals surface area (Å²) in [4.78, 5) is 8.33. The monoisotopic (exact) mass is 267 g/mol. The van der Waals surface area contributed by atoms with Crippen molar-refractivity contribution in [3.63, 3.8) is 0 Å². The zero-order valence-electron chi connectivity index (χ0n) is 11.2. The van der Waals surface area contributed by atoms with Crippen molar-refractivity contribution in [3.8, 4) is 5.88 Å². The van der Waals surface area contributed by atoms with Gasteiger partial charge in [0.15, 0.2) is 0 Å². The Balaban J connectivity index is 1.62. The van der Waals surface area contributed by atoms with E-state index in [0.717, 1.165) is 30.6 Å². The Morgan fingerprint density at radius 3 is 2.65 bits per heavy atom. The van der Waals surface area contributed by atoms with Crippen molar-refractivity contribution in [1.29, 1.82) is 0 Å². The van der Waals surface area contributed by atoms with E-state index < -0.39 is 0 Å². The predicted molar refractivity (Wildman–Crippen MR) is 79.3 cm³/mol. The number of hydrogen-bond donors (Lipinski definition) is 1. The molecule has 1 aliphatic heterocycles. The molecule has 2 aromatic heterocycles.